The summed E-state index contributed by atoms with van der Waals surface area (Å²) in [6.07, 6.45) is 1.58. The maximum atomic E-state index is 11.1. The van der Waals surface area contributed by atoms with Crippen LogP contribution in [-0.2, 0) is 0 Å². The van der Waals surface area contributed by atoms with Crippen LogP contribution >= 0.6 is 11.3 Å². The Balaban J connectivity index is 2.10. The van der Waals surface area contributed by atoms with Gasteiger partial charge in [-0.15, -0.1) is 0 Å². The molecule has 8 heteroatoms. The maximum absolute atomic E-state index is 11.1. The van der Waals surface area contributed by atoms with Crippen molar-refractivity contribution in [3.63, 3.8) is 0 Å². The Labute approximate surface area is 111 Å². The zero-order chi connectivity index (χ0) is 13.4. The number of nitrogens with zero attached hydrogens (tertiary/aromatic N) is 3. The lowest BCUT2D eigenvalue weighted by Crippen LogP contribution is -1.96. The minimum atomic E-state index is -0.527. The van der Waals surface area contributed by atoms with E-state index in [0.29, 0.717) is 16.4 Å². The van der Waals surface area contributed by atoms with E-state index in [1.807, 2.05) is 0 Å². The number of fused-ring (bicyclic) bond motifs is 1. The molecule has 0 radical (unpaired) electrons. The van der Waals surface area contributed by atoms with Crippen molar-refractivity contribution in [3.05, 3.63) is 46.0 Å². The van der Waals surface area contributed by atoms with Crippen LogP contribution < -0.4 is 10.5 Å². The summed E-state index contributed by atoms with van der Waals surface area (Å²) in [5.74, 6) is 0.0746. The van der Waals surface area contributed by atoms with E-state index in [-0.39, 0.29) is 11.7 Å². The van der Waals surface area contributed by atoms with Crippen molar-refractivity contribution in [2.75, 3.05) is 5.73 Å². The summed E-state index contributed by atoms with van der Waals surface area (Å²) >= 11 is 1.29. The van der Waals surface area contributed by atoms with Crippen LogP contribution in [0, 0.1) is 10.1 Å². The highest BCUT2D eigenvalue weighted by atomic mass is 32.1. The van der Waals surface area contributed by atoms with Crippen LogP contribution in [0.1, 0.15) is 0 Å². The Morgan fingerprint density at radius 3 is 2.95 bits per heavy atom. The predicted molar refractivity (Wildman–Crippen MR) is 70.7 cm³/mol. The molecule has 3 aromatic rings. The van der Waals surface area contributed by atoms with Crippen LogP contribution in [0.4, 0.5) is 11.5 Å². The Morgan fingerprint density at radius 2 is 2.21 bits per heavy atom. The second kappa shape index (κ2) is 4.25. The first-order valence-electron chi connectivity index (χ1n) is 5.29. The molecule has 0 fully saturated rings. The number of benzene rings is 1. The van der Waals surface area contributed by atoms with Crippen LogP contribution in [0.15, 0.2) is 35.8 Å². The van der Waals surface area contributed by atoms with E-state index in [0.717, 1.165) is 0 Å². The quantitative estimate of drug-likeness (QED) is 0.450. The van der Waals surface area contributed by atoms with Gasteiger partial charge in [-0.1, -0.05) is 23.5 Å². The molecule has 19 heavy (non-hydrogen) atoms. The van der Waals surface area contributed by atoms with Crippen LogP contribution in [-0.4, -0.2) is 14.3 Å². The number of nitrogen functional groups attached to an aromatic ring is 1. The Morgan fingerprint density at radius 1 is 1.42 bits per heavy atom. The number of rotatable bonds is 3. The zero-order valence-electron chi connectivity index (χ0n) is 9.52. The van der Waals surface area contributed by atoms with Crippen LogP contribution in [0.25, 0.3) is 4.96 Å². The lowest BCUT2D eigenvalue weighted by atomic mass is 10.3. The third kappa shape index (κ3) is 1.87. The first kappa shape index (κ1) is 11.5. The lowest BCUT2D eigenvalue weighted by molar-refractivity contribution is -0.391. The SMILES string of the molecule is Nc1ccccc1Oc1nc2sccn2c1[N+](=O)[O-]. The molecule has 2 heterocycles. The molecular weight excluding hydrogens is 268 g/mol. The second-order valence-corrected chi connectivity index (χ2v) is 4.57. The Kier molecular flexibility index (Phi) is 2.57. The lowest BCUT2D eigenvalue weighted by Gasteiger charge is -2.04. The van der Waals surface area contributed by atoms with E-state index in [1.54, 1.807) is 35.8 Å². The van der Waals surface area contributed by atoms with Gasteiger partial charge in [0.1, 0.15) is 6.20 Å². The first-order chi connectivity index (χ1) is 9.16. The van der Waals surface area contributed by atoms with Gasteiger partial charge in [0.25, 0.3) is 4.96 Å². The Bertz CT molecular complexity index is 764. The van der Waals surface area contributed by atoms with Crippen molar-refractivity contribution < 1.29 is 9.66 Å². The van der Waals surface area contributed by atoms with Crippen molar-refractivity contribution in [3.8, 4) is 11.6 Å². The van der Waals surface area contributed by atoms with E-state index in [9.17, 15) is 10.1 Å². The van der Waals surface area contributed by atoms with Gasteiger partial charge in [-0.3, -0.25) is 0 Å². The fourth-order valence-corrected chi connectivity index (χ4v) is 2.37. The molecule has 0 amide bonds. The van der Waals surface area contributed by atoms with Gasteiger partial charge in [0, 0.05) is 5.38 Å². The predicted octanol–water partition coefficient (Wildman–Crippen LogP) is 2.68. The highest BCUT2D eigenvalue weighted by molar-refractivity contribution is 7.15. The summed E-state index contributed by atoms with van der Waals surface area (Å²) in [6.45, 7) is 0. The van der Waals surface area contributed by atoms with Crippen LogP contribution in [0.5, 0.6) is 11.6 Å². The number of ether oxygens (including phenoxy) is 1. The minimum absolute atomic E-state index is 0.0604. The van der Waals surface area contributed by atoms with E-state index < -0.39 is 4.92 Å². The summed E-state index contributed by atoms with van der Waals surface area (Å²) in [5.41, 5.74) is 6.13. The van der Waals surface area contributed by atoms with Gasteiger partial charge in [-0.25, -0.2) is 0 Å². The molecule has 2 aromatic heterocycles. The minimum Gasteiger partial charge on any atom is -0.430 e. The molecule has 96 valence electrons. The van der Waals surface area contributed by atoms with Crippen molar-refractivity contribution in [1.82, 2.24) is 9.38 Å². The monoisotopic (exact) mass is 276 g/mol. The maximum Gasteiger partial charge on any atom is 0.393 e. The van der Waals surface area contributed by atoms with E-state index in [4.69, 9.17) is 10.5 Å². The molecule has 0 unspecified atom stereocenters. The number of nitro groups is 1. The number of aromatic nitrogens is 2. The van der Waals surface area contributed by atoms with Gasteiger partial charge in [-0.2, -0.15) is 9.38 Å². The molecule has 1 aromatic carbocycles. The van der Waals surface area contributed by atoms with Crippen LogP contribution in [0.2, 0.25) is 0 Å². The summed E-state index contributed by atoms with van der Waals surface area (Å²) in [5, 5.41) is 12.8. The average Bonchev–Trinajstić information content (AvgIpc) is 2.91. The first-order valence-corrected chi connectivity index (χ1v) is 6.17. The van der Waals surface area contributed by atoms with E-state index >= 15 is 0 Å². The molecule has 0 bridgehead atoms. The van der Waals surface area contributed by atoms with Crippen molar-refractivity contribution in [1.29, 1.82) is 0 Å². The third-order valence-electron chi connectivity index (χ3n) is 2.50. The third-order valence-corrected chi connectivity index (χ3v) is 3.26. The smallest absolute Gasteiger partial charge is 0.393 e. The molecule has 2 N–H and O–H groups in total. The number of nitrogens with two attached hydrogens (primary N) is 1. The Hall–Kier alpha value is -2.61. The highest BCUT2D eigenvalue weighted by Gasteiger charge is 2.26. The van der Waals surface area contributed by atoms with Gasteiger partial charge in [-0.05, 0) is 17.1 Å². The molecule has 3 rings (SSSR count). The summed E-state index contributed by atoms with van der Waals surface area (Å²) < 4.78 is 6.83. The van der Waals surface area contributed by atoms with Crippen molar-refractivity contribution in [2.24, 2.45) is 0 Å². The fraction of sp³-hybridized carbons (Fsp3) is 0. The number of para-hydroxylation sites is 2. The number of imidazole rings is 1. The zero-order valence-corrected chi connectivity index (χ0v) is 10.3. The normalized spacial score (nSPS) is 10.7. The van der Waals surface area contributed by atoms with Gasteiger partial charge in [0.2, 0.25) is 0 Å². The van der Waals surface area contributed by atoms with Gasteiger partial charge < -0.3 is 20.6 Å². The summed E-state index contributed by atoms with van der Waals surface area (Å²) in [7, 11) is 0. The summed E-state index contributed by atoms with van der Waals surface area (Å²) in [6, 6.07) is 6.77. The molecule has 0 aliphatic rings. The van der Waals surface area contributed by atoms with E-state index in [2.05, 4.69) is 4.98 Å². The van der Waals surface area contributed by atoms with Crippen molar-refractivity contribution in [2.45, 2.75) is 0 Å². The molecule has 0 saturated heterocycles. The molecule has 0 saturated carbocycles. The molecule has 0 aliphatic heterocycles. The largest absolute Gasteiger partial charge is 0.430 e. The fourth-order valence-electron chi connectivity index (χ4n) is 1.67. The number of anilines is 1. The number of thiazole rings is 1. The molecule has 0 spiro atoms. The molecule has 0 atom stereocenters. The van der Waals surface area contributed by atoms with Crippen LogP contribution in [0.3, 0.4) is 0 Å². The molecule has 0 aliphatic carbocycles. The van der Waals surface area contributed by atoms with Crippen molar-refractivity contribution >= 4 is 27.8 Å². The highest BCUT2D eigenvalue weighted by Crippen LogP contribution is 2.35. The average molecular weight is 276 g/mol. The molecule has 7 nitrogen and oxygen atoms in total. The standard InChI is InChI=1S/C11H8N4O3S/c12-7-3-1-2-4-8(7)18-9-10(15(16)17)14-5-6-19-11(14)13-9/h1-6H,12H2. The van der Waals surface area contributed by atoms with Gasteiger partial charge >= 0.3 is 11.7 Å². The molecular formula is C11H8N4O3S. The van der Waals surface area contributed by atoms with Gasteiger partial charge in [0.05, 0.1) is 5.69 Å². The number of hydrogen-bond donors (Lipinski definition) is 1. The van der Waals surface area contributed by atoms with Gasteiger partial charge in [0.15, 0.2) is 5.75 Å². The number of hydrogen-bond acceptors (Lipinski definition) is 6. The van der Waals surface area contributed by atoms with E-state index in [1.165, 1.54) is 15.7 Å². The summed E-state index contributed by atoms with van der Waals surface area (Å²) in [4.78, 5) is 15.2. The topological polar surface area (TPSA) is 95.7 Å². The second-order valence-electron chi connectivity index (χ2n) is 3.69.